The van der Waals surface area contributed by atoms with Crippen molar-refractivity contribution in [1.82, 2.24) is 4.57 Å². The standard InChI is InChI=1S/C29H23N3/c1-3-22(20-30)14-17-24(31)16-13-21(2)23-15-18-29-27(19-23)26-11-7-8-12-28(26)32(29)25-9-5-4-6-10-25/h3-16,18-19,31H,1-2,17H2/b16-13-,22-14+,31-24?. The van der Waals surface area contributed by atoms with Crippen molar-refractivity contribution in [2.75, 3.05) is 0 Å². The molecule has 0 aliphatic heterocycles. The highest BCUT2D eigenvalue weighted by Crippen LogP contribution is 2.33. The van der Waals surface area contributed by atoms with Gasteiger partial charge in [0, 0.05) is 34.2 Å². The fraction of sp³-hybridized carbons (Fsp3) is 0.0345. The Morgan fingerprint density at radius 1 is 0.938 bits per heavy atom. The molecule has 0 saturated heterocycles. The first kappa shape index (κ1) is 20.8. The molecule has 3 nitrogen and oxygen atoms in total. The van der Waals surface area contributed by atoms with Crippen LogP contribution in [0.1, 0.15) is 12.0 Å². The Hall–Kier alpha value is -4.42. The fourth-order valence-corrected chi connectivity index (χ4v) is 3.79. The van der Waals surface area contributed by atoms with Crippen LogP contribution in [0.5, 0.6) is 0 Å². The van der Waals surface area contributed by atoms with E-state index in [0.717, 1.165) is 27.9 Å². The van der Waals surface area contributed by atoms with Gasteiger partial charge in [0.2, 0.25) is 0 Å². The minimum absolute atomic E-state index is 0.377. The molecule has 1 heterocycles. The number of aromatic nitrogens is 1. The molecule has 154 valence electrons. The minimum Gasteiger partial charge on any atom is -0.309 e. The third kappa shape index (κ3) is 4.08. The number of nitrogens with zero attached hydrogens (tertiary/aromatic N) is 2. The van der Waals surface area contributed by atoms with Gasteiger partial charge in [-0.25, -0.2) is 0 Å². The van der Waals surface area contributed by atoms with Crippen molar-refractivity contribution in [2.45, 2.75) is 6.42 Å². The van der Waals surface area contributed by atoms with Crippen molar-refractivity contribution in [3.05, 3.63) is 121 Å². The molecule has 32 heavy (non-hydrogen) atoms. The van der Waals surface area contributed by atoms with E-state index in [9.17, 15) is 0 Å². The maximum absolute atomic E-state index is 8.95. The molecule has 4 rings (SSSR count). The third-order valence-electron chi connectivity index (χ3n) is 5.43. The average molecular weight is 414 g/mol. The molecule has 1 aromatic heterocycles. The van der Waals surface area contributed by atoms with Gasteiger partial charge in [-0.05, 0) is 47.5 Å². The molecule has 0 bridgehead atoms. The van der Waals surface area contributed by atoms with E-state index in [1.54, 1.807) is 12.2 Å². The summed E-state index contributed by atoms with van der Waals surface area (Å²) in [5.41, 5.74) is 6.16. The second-order valence-corrected chi connectivity index (χ2v) is 7.48. The Bertz CT molecular complexity index is 1440. The van der Waals surface area contributed by atoms with E-state index in [-0.39, 0.29) is 0 Å². The summed E-state index contributed by atoms with van der Waals surface area (Å²) in [6.45, 7) is 7.80. The number of nitriles is 1. The number of nitrogens with one attached hydrogen (secondary N) is 1. The molecule has 0 radical (unpaired) electrons. The van der Waals surface area contributed by atoms with Gasteiger partial charge >= 0.3 is 0 Å². The molecule has 1 N–H and O–H groups in total. The van der Waals surface area contributed by atoms with Crippen LogP contribution in [0.15, 0.2) is 116 Å². The van der Waals surface area contributed by atoms with E-state index in [1.165, 1.54) is 16.8 Å². The van der Waals surface area contributed by atoms with Crippen LogP contribution in [-0.4, -0.2) is 10.3 Å². The van der Waals surface area contributed by atoms with E-state index in [0.29, 0.717) is 17.7 Å². The summed E-state index contributed by atoms with van der Waals surface area (Å²) in [6, 6.07) is 27.2. The molecule has 0 spiro atoms. The summed E-state index contributed by atoms with van der Waals surface area (Å²) < 4.78 is 2.28. The Balaban J connectivity index is 1.69. The molecule has 0 aliphatic carbocycles. The maximum atomic E-state index is 8.95. The first-order valence-corrected chi connectivity index (χ1v) is 10.4. The SMILES string of the molecule is C=C/C(C#N)=C\CC(=N)/C=C\C(=C)c1ccc2c(c1)c1ccccc1n2-c1ccccc1. The molecule has 4 aromatic rings. The van der Waals surface area contributed by atoms with Crippen molar-refractivity contribution in [2.24, 2.45) is 0 Å². The van der Waals surface area contributed by atoms with Gasteiger partial charge < -0.3 is 9.98 Å². The van der Waals surface area contributed by atoms with Gasteiger partial charge in [0.1, 0.15) is 0 Å². The molecule has 3 heteroatoms. The lowest BCUT2D eigenvalue weighted by Crippen LogP contribution is -1.93. The molecule has 3 aromatic carbocycles. The predicted octanol–water partition coefficient (Wildman–Crippen LogP) is 7.40. The second kappa shape index (κ2) is 9.16. The topological polar surface area (TPSA) is 52.6 Å². The summed E-state index contributed by atoms with van der Waals surface area (Å²) in [7, 11) is 0. The van der Waals surface area contributed by atoms with Gasteiger partial charge in [0.05, 0.1) is 17.1 Å². The van der Waals surface area contributed by atoms with Crippen LogP contribution in [-0.2, 0) is 0 Å². The monoisotopic (exact) mass is 413 g/mol. The van der Waals surface area contributed by atoms with Gasteiger partial charge in [-0.1, -0.05) is 73.9 Å². The average Bonchev–Trinajstić information content (AvgIpc) is 3.17. The van der Waals surface area contributed by atoms with Gasteiger partial charge in [-0.2, -0.15) is 5.26 Å². The third-order valence-corrected chi connectivity index (χ3v) is 5.43. The molecule has 0 unspecified atom stereocenters. The lowest BCUT2D eigenvalue weighted by molar-refractivity contribution is 1.18. The van der Waals surface area contributed by atoms with E-state index in [4.69, 9.17) is 10.7 Å². The van der Waals surface area contributed by atoms with Crippen LogP contribution < -0.4 is 0 Å². The Kier molecular flexibility index (Phi) is 5.96. The minimum atomic E-state index is 0.377. The highest BCUT2D eigenvalue weighted by Gasteiger charge is 2.12. The number of hydrogen-bond acceptors (Lipinski definition) is 2. The lowest BCUT2D eigenvalue weighted by Gasteiger charge is -2.08. The molecule has 0 aliphatic rings. The van der Waals surface area contributed by atoms with Crippen LogP contribution in [0.2, 0.25) is 0 Å². The quantitative estimate of drug-likeness (QED) is 0.191. The lowest BCUT2D eigenvalue weighted by atomic mass is 10.0. The summed E-state index contributed by atoms with van der Waals surface area (Å²) in [6.07, 6.45) is 7.16. The smallest absolute Gasteiger partial charge is 0.0988 e. The molecule has 0 fully saturated rings. The number of rotatable bonds is 7. The molecular weight excluding hydrogens is 390 g/mol. The molecule has 0 atom stereocenters. The summed E-state index contributed by atoms with van der Waals surface area (Å²) >= 11 is 0. The van der Waals surface area contributed by atoms with Crippen LogP contribution >= 0.6 is 0 Å². The zero-order valence-electron chi connectivity index (χ0n) is 17.8. The van der Waals surface area contributed by atoms with Gasteiger partial charge in [-0.15, -0.1) is 0 Å². The van der Waals surface area contributed by atoms with Gasteiger partial charge in [0.15, 0.2) is 0 Å². The molecule has 0 amide bonds. The van der Waals surface area contributed by atoms with E-state index in [2.05, 4.69) is 84.5 Å². The van der Waals surface area contributed by atoms with Crippen LogP contribution in [0, 0.1) is 16.7 Å². The van der Waals surface area contributed by atoms with E-state index >= 15 is 0 Å². The van der Waals surface area contributed by atoms with E-state index < -0.39 is 0 Å². The van der Waals surface area contributed by atoms with Crippen molar-refractivity contribution in [1.29, 1.82) is 10.7 Å². The summed E-state index contributed by atoms with van der Waals surface area (Å²) in [5.74, 6) is 0. The van der Waals surface area contributed by atoms with E-state index in [1.807, 2.05) is 18.2 Å². The zero-order chi connectivity index (χ0) is 22.5. The Morgan fingerprint density at radius 3 is 2.41 bits per heavy atom. The fourth-order valence-electron chi connectivity index (χ4n) is 3.79. The largest absolute Gasteiger partial charge is 0.309 e. The van der Waals surface area contributed by atoms with Crippen LogP contribution in [0.25, 0.3) is 33.1 Å². The summed E-state index contributed by atoms with van der Waals surface area (Å²) in [5, 5.41) is 19.4. The maximum Gasteiger partial charge on any atom is 0.0988 e. The van der Waals surface area contributed by atoms with Crippen molar-refractivity contribution in [3.63, 3.8) is 0 Å². The normalized spacial score (nSPS) is 11.7. The van der Waals surface area contributed by atoms with Gasteiger partial charge in [0.25, 0.3) is 0 Å². The molecular formula is C29H23N3. The highest BCUT2D eigenvalue weighted by atomic mass is 15.0. The van der Waals surface area contributed by atoms with Crippen molar-refractivity contribution >= 4 is 33.1 Å². The Morgan fingerprint density at radius 2 is 1.66 bits per heavy atom. The van der Waals surface area contributed by atoms with Crippen molar-refractivity contribution < 1.29 is 0 Å². The van der Waals surface area contributed by atoms with Crippen LogP contribution in [0.4, 0.5) is 0 Å². The number of fused-ring (bicyclic) bond motifs is 3. The number of hydrogen-bond donors (Lipinski definition) is 1. The zero-order valence-corrected chi connectivity index (χ0v) is 17.8. The second-order valence-electron chi connectivity index (χ2n) is 7.48. The number of allylic oxidation sites excluding steroid dienone is 6. The predicted molar refractivity (Wildman–Crippen MR) is 135 cm³/mol. The Labute approximate surface area is 188 Å². The number of benzene rings is 3. The van der Waals surface area contributed by atoms with Gasteiger partial charge in [-0.3, -0.25) is 0 Å². The first-order valence-electron chi connectivity index (χ1n) is 10.4. The highest BCUT2D eigenvalue weighted by molar-refractivity contribution is 6.10. The van der Waals surface area contributed by atoms with Crippen molar-refractivity contribution in [3.8, 4) is 11.8 Å². The number of para-hydroxylation sites is 2. The first-order chi connectivity index (χ1) is 15.6. The molecule has 0 saturated carbocycles. The van der Waals surface area contributed by atoms with Crippen LogP contribution in [0.3, 0.4) is 0 Å². The summed E-state index contributed by atoms with van der Waals surface area (Å²) in [4.78, 5) is 0.